The summed E-state index contributed by atoms with van der Waals surface area (Å²) in [5.74, 6) is -1.01. The number of hydrogen-bond acceptors (Lipinski definition) is 4. The van der Waals surface area contributed by atoms with Crippen LogP contribution in [0.1, 0.15) is 20.9 Å². The van der Waals surface area contributed by atoms with Crippen LogP contribution in [0.4, 0.5) is 5.00 Å². The Hall–Kier alpha value is -1.79. The van der Waals surface area contributed by atoms with Crippen LogP contribution >= 0.6 is 22.9 Å². The molecule has 5 nitrogen and oxygen atoms in total. The highest BCUT2D eigenvalue weighted by Gasteiger charge is 2.15. The van der Waals surface area contributed by atoms with Gasteiger partial charge in [-0.3, -0.25) is 9.59 Å². The van der Waals surface area contributed by atoms with E-state index in [0.29, 0.717) is 5.00 Å². The van der Waals surface area contributed by atoms with Gasteiger partial charge in [-0.1, -0.05) is 0 Å². The zero-order chi connectivity index (χ0) is 12.4. The van der Waals surface area contributed by atoms with Crippen LogP contribution in [-0.2, 0) is 0 Å². The van der Waals surface area contributed by atoms with Gasteiger partial charge in [0.15, 0.2) is 11.0 Å². The van der Waals surface area contributed by atoms with Crippen molar-refractivity contribution < 1.29 is 14.0 Å². The van der Waals surface area contributed by atoms with Gasteiger partial charge in [0.1, 0.15) is 5.00 Å². The lowest BCUT2D eigenvalue weighted by Gasteiger charge is -2.01. The molecule has 0 spiro atoms. The Morgan fingerprint density at radius 1 is 1.35 bits per heavy atom. The number of rotatable bonds is 3. The lowest BCUT2D eigenvalue weighted by molar-refractivity contribution is 0.0997. The molecular weight excluding hydrogens is 264 g/mol. The Balaban J connectivity index is 2.18. The zero-order valence-electron chi connectivity index (χ0n) is 8.40. The molecule has 0 saturated carbocycles. The van der Waals surface area contributed by atoms with Crippen molar-refractivity contribution in [2.45, 2.75) is 0 Å². The monoisotopic (exact) mass is 270 g/mol. The van der Waals surface area contributed by atoms with Crippen LogP contribution in [0.15, 0.2) is 28.0 Å². The van der Waals surface area contributed by atoms with Crippen molar-refractivity contribution in [3.63, 3.8) is 0 Å². The molecule has 17 heavy (non-hydrogen) atoms. The Kier molecular flexibility index (Phi) is 3.16. The van der Waals surface area contributed by atoms with Gasteiger partial charge in [-0.15, -0.1) is 11.3 Å². The second kappa shape index (κ2) is 4.60. The predicted octanol–water partition coefficient (Wildman–Crippen LogP) is 2.35. The summed E-state index contributed by atoms with van der Waals surface area (Å²) in [6.07, 6.45) is 0. The third kappa shape index (κ3) is 2.48. The summed E-state index contributed by atoms with van der Waals surface area (Å²) in [5.41, 5.74) is 5.41. The van der Waals surface area contributed by atoms with Gasteiger partial charge in [0, 0.05) is 0 Å². The maximum Gasteiger partial charge on any atom is 0.292 e. The Bertz CT molecular complexity index is 576. The summed E-state index contributed by atoms with van der Waals surface area (Å²) in [6, 6.07) is 4.44. The van der Waals surface area contributed by atoms with Crippen molar-refractivity contribution in [2.24, 2.45) is 5.73 Å². The molecule has 0 aliphatic heterocycles. The van der Waals surface area contributed by atoms with Crippen LogP contribution in [0.25, 0.3) is 0 Å². The van der Waals surface area contributed by atoms with Gasteiger partial charge in [0.2, 0.25) is 0 Å². The maximum absolute atomic E-state index is 11.7. The highest BCUT2D eigenvalue weighted by molar-refractivity contribution is 7.14. The minimum Gasteiger partial charge on any atom is -0.440 e. The molecule has 7 heteroatoms. The number of hydrogen-bond donors (Lipinski definition) is 2. The van der Waals surface area contributed by atoms with Gasteiger partial charge in [-0.25, -0.2) is 0 Å². The molecule has 0 aliphatic carbocycles. The van der Waals surface area contributed by atoms with Crippen LogP contribution in [-0.4, -0.2) is 11.8 Å². The summed E-state index contributed by atoms with van der Waals surface area (Å²) in [7, 11) is 0. The first-order chi connectivity index (χ1) is 8.08. The third-order valence-electron chi connectivity index (χ3n) is 1.95. The summed E-state index contributed by atoms with van der Waals surface area (Å²) in [5, 5.41) is 4.69. The average molecular weight is 271 g/mol. The molecule has 2 aromatic rings. The summed E-state index contributed by atoms with van der Waals surface area (Å²) in [4.78, 5) is 22.7. The third-order valence-corrected chi connectivity index (χ3v) is 2.99. The quantitative estimate of drug-likeness (QED) is 0.898. The number of amides is 2. The topological polar surface area (TPSA) is 85.3 Å². The van der Waals surface area contributed by atoms with E-state index in [1.807, 2.05) is 0 Å². The molecule has 2 heterocycles. The fraction of sp³-hybridized carbons (Fsp3) is 0. The van der Waals surface area contributed by atoms with E-state index in [9.17, 15) is 9.59 Å². The zero-order valence-corrected chi connectivity index (χ0v) is 9.97. The van der Waals surface area contributed by atoms with E-state index in [4.69, 9.17) is 21.8 Å². The summed E-state index contributed by atoms with van der Waals surface area (Å²) >= 11 is 6.75. The van der Waals surface area contributed by atoms with E-state index in [0.717, 1.165) is 0 Å². The van der Waals surface area contributed by atoms with Gasteiger partial charge in [0.25, 0.3) is 11.8 Å². The van der Waals surface area contributed by atoms with Crippen molar-refractivity contribution >= 4 is 39.8 Å². The van der Waals surface area contributed by atoms with E-state index in [1.54, 1.807) is 5.38 Å². The number of furan rings is 1. The average Bonchev–Trinajstić information content (AvgIpc) is 2.86. The van der Waals surface area contributed by atoms with Gasteiger partial charge in [-0.05, 0) is 35.2 Å². The summed E-state index contributed by atoms with van der Waals surface area (Å²) < 4.78 is 4.94. The minimum absolute atomic E-state index is 0.0684. The maximum atomic E-state index is 11.7. The lowest BCUT2D eigenvalue weighted by Crippen LogP contribution is -2.16. The number of thiophene rings is 1. The molecular formula is C10H7ClN2O3S. The first-order valence-electron chi connectivity index (χ1n) is 4.52. The largest absolute Gasteiger partial charge is 0.440 e. The molecule has 2 aromatic heterocycles. The minimum atomic E-state index is -0.598. The summed E-state index contributed by atoms with van der Waals surface area (Å²) in [6.45, 7) is 0. The van der Waals surface area contributed by atoms with Crippen LogP contribution in [0.3, 0.4) is 0 Å². The Labute approximate surface area is 105 Å². The van der Waals surface area contributed by atoms with E-state index < -0.39 is 11.8 Å². The van der Waals surface area contributed by atoms with Crippen molar-refractivity contribution in [1.82, 2.24) is 0 Å². The highest BCUT2D eigenvalue weighted by Crippen LogP contribution is 2.24. The normalized spacial score (nSPS) is 10.2. The number of anilines is 1. The van der Waals surface area contributed by atoms with Crippen LogP contribution in [0.5, 0.6) is 0 Å². The smallest absolute Gasteiger partial charge is 0.292 e. The van der Waals surface area contributed by atoms with E-state index in [1.165, 1.54) is 29.5 Å². The van der Waals surface area contributed by atoms with Gasteiger partial charge < -0.3 is 15.5 Å². The van der Waals surface area contributed by atoms with Crippen LogP contribution < -0.4 is 11.1 Å². The van der Waals surface area contributed by atoms with Crippen molar-refractivity contribution in [1.29, 1.82) is 0 Å². The number of carbonyl (C=O) groups is 2. The Morgan fingerprint density at radius 3 is 2.71 bits per heavy atom. The molecule has 0 unspecified atom stereocenters. The molecule has 0 aromatic carbocycles. The van der Waals surface area contributed by atoms with Crippen molar-refractivity contribution in [2.75, 3.05) is 5.32 Å². The number of nitrogens with one attached hydrogen (secondary N) is 1. The molecule has 0 fully saturated rings. The fourth-order valence-corrected chi connectivity index (χ4v) is 2.13. The first kappa shape index (κ1) is 11.7. The second-order valence-electron chi connectivity index (χ2n) is 3.09. The molecule has 0 radical (unpaired) electrons. The van der Waals surface area contributed by atoms with Crippen molar-refractivity contribution in [3.05, 3.63) is 40.1 Å². The van der Waals surface area contributed by atoms with Gasteiger partial charge >= 0.3 is 0 Å². The predicted molar refractivity (Wildman–Crippen MR) is 64.5 cm³/mol. The van der Waals surface area contributed by atoms with Gasteiger partial charge in [0.05, 0.1) is 5.56 Å². The standard InChI is InChI=1S/C10H7ClN2O3S/c11-7-2-1-6(16-7)9(15)13-10-5(8(12)14)3-4-17-10/h1-4H,(H2,12,14)(H,13,15). The fourth-order valence-electron chi connectivity index (χ4n) is 1.20. The van der Waals surface area contributed by atoms with Gasteiger partial charge in [-0.2, -0.15) is 0 Å². The number of halogens is 1. The molecule has 0 bridgehead atoms. The van der Waals surface area contributed by atoms with E-state index >= 15 is 0 Å². The SMILES string of the molecule is NC(=O)c1ccsc1NC(=O)c1ccc(Cl)o1. The van der Waals surface area contributed by atoms with E-state index in [-0.39, 0.29) is 16.5 Å². The number of nitrogens with two attached hydrogens (primary N) is 1. The molecule has 88 valence electrons. The Morgan fingerprint density at radius 2 is 2.12 bits per heavy atom. The van der Waals surface area contributed by atoms with Crippen LogP contribution in [0, 0.1) is 0 Å². The first-order valence-corrected chi connectivity index (χ1v) is 5.77. The molecule has 2 amide bonds. The molecule has 3 N–H and O–H groups in total. The highest BCUT2D eigenvalue weighted by atomic mass is 35.5. The van der Waals surface area contributed by atoms with Crippen molar-refractivity contribution in [3.8, 4) is 0 Å². The number of carbonyl (C=O) groups excluding carboxylic acids is 2. The second-order valence-corrected chi connectivity index (χ2v) is 4.37. The van der Waals surface area contributed by atoms with E-state index in [2.05, 4.69) is 5.32 Å². The molecule has 0 aliphatic rings. The molecule has 2 rings (SSSR count). The lowest BCUT2D eigenvalue weighted by atomic mass is 10.3. The molecule has 0 saturated heterocycles. The van der Waals surface area contributed by atoms with Crippen LogP contribution in [0.2, 0.25) is 5.22 Å². The molecule has 0 atom stereocenters. The number of primary amides is 1.